The Morgan fingerprint density at radius 1 is 1.33 bits per heavy atom. The maximum absolute atomic E-state index is 12.3. The number of hydrogen-bond acceptors (Lipinski definition) is 4. The highest BCUT2D eigenvalue weighted by Crippen LogP contribution is 2.38. The van der Waals surface area contributed by atoms with Gasteiger partial charge < -0.3 is 5.32 Å². The molecule has 3 rings (SSSR count). The molecular weight excluding hydrogens is 306 g/mol. The molecule has 1 saturated carbocycles. The number of aryl methyl sites for hydroxylation is 2. The van der Waals surface area contributed by atoms with Crippen LogP contribution in [0, 0.1) is 13.8 Å². The fraction of sp³-hybridized carbons (Fsp3) is 0.529. The molecule has 7 heteroatoms. The van der Waals surface area contributed by atoms with Gasteiger partial charge in [-0.15, -0.1) is 0 Å². The molecule has 1 aliphatic carbocycles. The van der Waals surface area contributed by atoms with Crippen LogP contribution in [-0.2, 0) is 11.3 Å². The van der Waals surface area contributed by atoms with E-state index >= 15 is 0 Å². The van der Waals surface area contributed by atoms with E-state index in [1.165, 1.54) is 10.7 Å². The Bertz CT molecular complexity index is 804. The van der Waals surface area contributed by atoms with Crippen LogP contribution in [0.3, 0.4) is 0 Å². The van der Waals surface area contributed by atoms with E-state index in [4.69, 9.17) is 0 Å². The van der Waals surface area contributed by atoms with Gasteiger partial charge in [0.15, 0.2) is 0 Å². The second kappa shape index (κ2) is 6.59. The molecule has 1 unspecified atom stereocenters. The number of amides is 1. The van der Waals surface area contributed by atoms with Crippen molar-refractivity contribution in [1.29, 1.82) is 0 Å². The van der Waals surface area contributed by atoms with E-state index in [1.807, 2.05) is 24.6 Å². The lowest BCUT2D eigenvalue weighted by molar-refractivity contribution is -0.124. The molecule has 0 aromatic carbocycles. The van der Waals surface area contributed by atoms with Crippen molar-refractivity contribution in [1.82, 2.24) is 24.9 Å². The van der Waals surface area contributed by atoms with E-state index < -0.39 is 6.04 Å². The van der Waals surface area contributed by atoms with Gasteiger partial charge in [-0.25, -0.2) is 4.68 Å². The molecule has 24 heavy (non-hydrogen) atoms. The van der Waals surface area contributed by atoms with Gasteiger partial charge in [-0.2, -0.15) is 10.2 Å². The summed E-state index contributed by atoms with van der Waals surface area (Å²) < 4.78 is 3.14. The fourth-order valence-electron chi connectivity index (χ4n) is 2.76. The Morgan fingerprint density at radius 2 is 2.08 bits per heavy atom. The average Bonchev–Trinajstić information content (AvgIpc) is 3.33. The highest BCUT2D eigenvalue weighted by Gasteiger charge is 2.27. The minimum Gasteiger partial charge on any atom is -0.352 e. The zero-order chi connectivity index (χ0) is 17.3. The summed E-state index contributed by atoms with van der Waals surface area (Å²) in [5.74, 6) is 0.234. The Labute approximate surface area is 140 Å². The summed E-state index contributed by atoms with van der Waals surface area (Å²) in [6.07, 6.45) is 2.21. The number of carbonyl (C=O) groups is 1. The number of aromatic nitrogens is 4. The monoisotopic (exact) mass is 329 g/mol. The Balaban J connectivity index is 1.61. The molecule has 2 heterocycles. The third-order valence-electron chi connectivity index (χ3n) is 4.31. The standard InChI is InChI=1S/C17H23N5O2/c1-11-10-12(2)21(19-11)9-8-18-17(24)13(3)22-16(23)7-6-15(20-22)14-4-5-14/h6-7,10,13-14H,4-5,8-9H2,1-3H3,(H,18,24). The predicted octanol–water partition coefficient (Wildman–Crippen LogP) is 1.31. The lowest BCUT2D eigenvalue weighted by atomic mass is 10.2. The lowest BCUT2D eigenvalue weighted by Gasteiger charge is -2.15. The zero-order valence-corrected chi connectivity index (χ0v) is 14.3. The van der Waals surface area contributed by atoms with Gasteiger partial charge >= 0.3 is 0 Å². The van der Waals surface area contributed by atoms with Crippen LogP contribution in [0.4, 0.5) is 0 Å². The van der Waals surface area contributed by atoms with Crippen LogP contribution in [0.15, 0.2) is 23.0 Å². The second-order valence-corrected chi connectivity index (χ2v) is 6.43. The SMILES string of the molecule is Cc1cc(C)n(CCNC(=O)C(C)n2nc(C3CC3)ccc2=O)n1. The number of carbonyl (C=O) groups excluding carboxylic acids is 1. The first-order valence-corrected chi connectivity index (χ1v) is 8.34. The van der Waals surface area contributed by atoms with Gasteiger partial charge in [-0.05, 0) is 45.7 Å². The summed E-state index contributed by atoms with van der Waals surface area (Å²) in [5.41, 5.74) is 2.67. The molecule has 1 aliphatic rings. The van der Waals surface area contributed by atoms with E-state index in [0.717, 1.165) is 29.9 Å². The number of nitrogens with one attached hydrogen (secondary N) is 1. The van der Waals surface area contributed by atoms with Gasteiger partial charge in [-0.3, -0.25) is 14.3 Å². The van der Waals surface area contributed by atoms with E-state index in [-0.39, 0.29) is 11.5 Å². The van der Waals surface area contributed by atoms with Crippen LogP contribution in [0.1, 0.15) is 48.8 Å². The Kier molecular flexibility index (Phi) is 4.51. The minimum absolute atomic E-state index is 0.209. The highest BCUT2D eigenvalue weighted by molar-refractivity contribution is 5.79. The van der Waals surface area contributed by atoms with Crippen molar-refractivity contribution in [2.24, 2.45) is 0 Å². The second-order valence-electron chi connectivity index (χ2n) is 6.43. The Morgan fingerprint density at radius 3 is 2.71 bits per heavy atom. The van der Waals surface area contributed by atoms with E-state index in [0.29, 0.717) is 19.0 Å². The molecule has 128 valence electrons. The van der Waals surface area contributed by atoms with E-state index in [1.54, 1.807) is 13.0 Å². The maximum Gasteiger partial charge on any atom is 0.267 e. The van der Waals surface area contributed by atoms with Gasteiger partial charge in [0.05, 0.1) is 17.9 Å². The molecule has 2 aromatic rings. The first kappa shape index (κ1) is 16.4. The number of nitrogens with zero attached hydrogens (tertiary/aromatic N) is 4. The Hall–Kier alpha value is -2.44. The summed E-state index contributed by atoms with van der Waals surface area (Å²) in [6, 6.07) is 4.64. The van der Waals surface area contributed by atoms with Crippen molar-refractivity contribution in [3.63, 3.8) is 0 Å². The van der Waals surface area contributed by atoms with Gasteiger partial charge in [0.25, 0.3) is 5.56 Å². The van der Waals surface area contributed by atoms with Gasteiger partial charge in [0, 0.05) is 24.2 Å². The topological polar surface area (TPSA) is 81.8 Å². The highest BCUT2D eigenvalue weighted by atomic mass is 16.2. The van der Waals surface area contributed by atoms with Gasteiger partial charge in [0.2, 0.25) is 5.91 Å². The molecule has 1 N–H and O–H groups in total. The van der Waals surface area contributed by atoms with Crippen molar-refractivity contribution < 1.29 is 4.79 Å². The molecular formula is C17H23N5O2. The summed E-state index contributed by atoms with van der Waals surface area (Å²) in [5, 5.41) is 11.6. The van der Waals surface area contributed by atoms with Crippen molar-refractivity contribution in [3.05, 3.63) is 45.6 Å². The molecule has 0 radical (unpaired) electrons. The number of rotatable bonds is 6. The predicted molar refractivity (Wildman–Crippen MR) is 89.9 cm³/mol. The smallest absolute Gasteiger partial charge is 0.267 e. The summed E-state index contributed by atoms with van der Waals surface area (Å²) in [7, 11) is 0. The molecule has 0 spiro atoms. The normalized spacial score (nSPS) is 15.3. The zero-order valence-electron chi connectivity index (χ0n) is 14.3. The summed E-state index contributed by atoms with van der Waals surface area (Å²) in [4.78, 5) is 24.3. The van der Waals surface area contributed by atoms with Crippen LogP contribution >= 0.6 is 0 Å². The van der Waals surface area contributed by atoms with Crippen LogP contribution in [0.25, 0.3) is 0 Å². The fourth-order valence-corrected chi connectivity index (χ4v) is 2.76. The molecule has 1 fully saturated rings. The summed E-state index contributed by atoms with van der Waals surface area (Å²) in [6.45, 7) is 6.68. The molecule has 7 nitrogen and oxygen atoms in total. The van der Waals surface area contributed by atoms with Crippen molar-refractivity contribution >= 4 is 5.91 Å². The van der Waals surface area contributed by atoms with Crippen LogP contribution in [0.2, 0.25) is 0 Å². The quantitative estimate of drug-likeness (QED) is 0.866. The first-order chi connectivity index (χ1) is 11.5. The van der Waals surface area contributed by atoms with Crippen LogP contribution in [-0.4, -0.2) is 32.0 Å². The minimum atomic E-state index is -0.628. The van der Waals surface area contributed by atoms with Crippen molar-refractivity contribution in [2.75, 3.05) is 6.54 Å². The van der Waals surface area contributed by atoms with Crippen molar-refractivity contribution in [3.8, 4) is 0 Å². The number of hydrogen-bond donors (Lipinski definition) is 1. The van der Waals surface area contributed by atoms with E-state index in [9.17, 15) is 9.59 Å². The van der Waals surface area contributed by atoms with Gasteiger partial charge in [0.1, 0.15) is 6.04 Å². The molecule has 2 aromatic heterocycles. The van der Waals surface area contributed by atoms with Crippen LogP contribution < -0.4 is 10.9 Å². The van der Waals surface area contributed by atoms with E-state index in [2.05, 4.69) is 15.5 Å². The molecule has 0 aliphatic heterocycles. The lowest BCUT2D eigenvalue weighted by Crippen LogP contribution is -2.38. The first-order valence-electron chi connectivity index (χ1n) is 8.34. The molecule has 0 saturated heterocycles. The molecule has 1 amide bonds. The van der Waals surface area contributed by atoms with Crippen molar-refractivity contribution in [2.45, 2.75) is 52.1 Å². The largest absolute Gasteiger partial charge is 0.352 e. The van der Waals surface area contributed by atoms with Crippen LogP contribution in [0.5, 0.6) is 0 Å². The maximum atomic E-state index is 12.3. The molecule has 1 atom stereocenters. The summed E-state index contributed by atoms with van der Waals surface area (Å²) >= 11 is 0. The average molecular weight is 329 g/mol. The van der Waals surface area contributed by atoms with Gasteiger partial charge in [-0.1, -0.05) is 0 Å². The molecule has 0 bridgehead atoms. The third kappa shape index (κ3) is 3.55. The third-order valence-corrected chi connectivity index (χ3v) is 4.31.